The van der Waals surface area contributed by atoms with Gasteiger partial charge in [-0.25, -0.2) is 0 Å². The van der Waals surface area contributed by atoms with E-state index in [9.17, 15) is 9.59 Å². The van der Waals surface area contributed by atoms with Gasteiger partial charge in [0, 0.05) is 5.69 Å². The van der Waals surface area contributed by atoms with Gasteiger partial charge in [-0.2, -0.15) is 0 Å². The van der Waals surface area contributed by atoms with Crippen LogP contribution in [0.1, 0.15) is 34.6 Å². The van der Waals surface area contributed by atoms with Gasteiger partial charge in [0.25, 0.3) is 5.91 Å². The summed E-state index contributed by atoms with van der Waals surface area (Å²) in [6.45, 7) is 3.86. The van der Waals surface area contributed by atoms with E-state index in [1.807, 2.05) is 43.5 Å². The molecule has 28 heavy (non-hydrogen) atoms. The molecule has 5 heteroatoms. The maximum Gasteiger partial charge on any atom is 0.262 e. The predicted octanol–water partition coefficient (Wildman–Crippen LogP) is 4.71. The number of amides is 2. The van der Waals surface area contributed by atoms with Gasteiger partial charge in [0.05, 0.1) is 4.88 Å². The second-order valence-electron chi connectivity index (χ2n) is 7.37. The van der Waals surface area contributed by atoms with Crippen molar-refractivity contribution in [3.8, 4) is 11.1 Å². The normalized spacial score (nSPS) is 13.0. The number of thiophene rings is 1. The van der Waals surface area contributed by atoms with Gasteiger partial charge < -0.3 is 10.6 Å². The fraction of sp³-hybridized carbons (Fsp3) is 0.217. The van der Waals surface area contributed by atoms with Crippen molar-refractivity contribution >= 4 is 28.8 Å². The molecule has 1 atom stereocenters. The van der Waals surface area contributed by atoms with Gasteiger partial charge in [0.1, 0.15) is 6.04 Å². The molecule has 0 fully saturated rings. The van der Waals surface area contributed by atoms with Crippen LogP contribution in [0, 0.1) is 5.92 Å². The van der Waals surface area contributed by atoms with Gasteiger partial charge in [-0.1, -0.05) is 50.2 Å². The molecule has 0 saturated carbocycles. The maximum atomic E-state index is 12.9. The van der Waals surface area contributed by atoms with E-state index in [-0.39, 0.29) is 17.7 Å². The monoisotopic (exact) mass is 390 g/mol. The van der Waals surface area contributed by atoms with Crippen molar-refractivity contribution in [2.24, 2.45) is 5.92 Å². The van der Waals surface area contributed by atoms with E-state index >= 15 is 0 Å². The van der Waals surface area contributed by atoms with Crippen molar-refractivity contribution in [2.45, 2.75) is 26.3 Å². The first-order chi connectivity index (χ1) is 13.5. The lowest BCUT2D eigenvalue weighted by Crippen LogP contribution is -2.46. The lowest BCUT2D eigenvalue weighted by molar-refractivity contribution is -0.118. The average molecular weight is 391 g/mol. The Morgan fingerprint density at radius 1 is 0.964 bits per heavy atom. The van der Waals surface area contributed by atoms with E-state index in [1.165, 1.54) is 28.0 Å². The van der Waals surface area contributed by atoms with E-state index in [0.717, 1.165) is 17.7 Å². The van der Waals surface area contributed by atoms with E-state index in [1.54, 1.807) is 6.07 Å². The Morgan fingerprint density at radius 2 is 1.75 bits per heavy atom. The molecule has 4 rings (SSSR count). The smallest absolute Gasteiger partial charge is 0.262 e. The molecule has 2 aromatic carbocycles. The standard InChI is InChI=1S/C23H22N2O2S/c1-14(2)21(25-22(26)20-8-5-11-28-20)23(27)24-17-10-9-16-12-15-6-3-4-7-18(15)19(16)13-17/h3-11,13-14,21H,12H2,1-2H3,(H,24,27)(H,25,26)/t21-/m0/s1. The van der Waals surface area contributed by atoms with Gasteiger partial charge in [-0.05, 0) is 58.2 Å². The largest absolute Gasteiger partial charge is 0.339 e. The van der Waals surface area contributed by atoms with Gasteiger partial charge in [0.15, 0.2) is 0 Å². The summed E-state index contributed by atoms with van der Waals surface area (Å²) in [5.41, 5.74) is 5.71. The van der Waals surface area contributed by atoms with Gasteiger partial charge in [0.2, 0.25) is 5.91 Å². The fourth-order valence-corrected chi connectivity index (χ4v) is 4.20. The number of benzene rings is 2. The van der Waals surface area contributed by atoms with Crippen LogP contribution in [0.25, 0.3) is 11.1 Å². The molecule has 2 amide bonds. The van der Waals surface area contributed by atoms with E-state index in [0.29, 0.717) is 4.88 Å². The molecule has 1 aliphatic carbocycles. The first-order valence-electron chi connectivity index (χ1n) is 9.39. The summed E-state index contributed by atoms with van der Waals surface area (Å²) in [5.74, 6) is -0.447. The van der Waals surface area contributed by atoms with E-state index in [2.05, 4.69) is 34.9 Å². The Labute approximate surface area is 168 Å². The minimum atomic E-state index is -0.602. The van der Waals surface area contributed by atoms with Crippen LogP contribution < -0.4 is 10.6 Å². The second-order valence-corrected chi connectivity index (χ2v) is 8.32. The number of carbonyl (C=O) groups excluding carboxylic acids is 2. The number of rotatable bonds is 5. The molecular weight excluding hydrogens is 368 g/mol. The number of hydrogen-bond acceptors (Lipinski definition) is 3. The van der Waals surface area contributed by atoms with Crippen LogP contribution in [0.4, 0.5) is 5.69 Å². The minimum absolute atomic E-state index is 0.0286. The van der Waals surface area contributed by atoms with Crippen LogP contribution >= 0.6 is 11.3 Å². The molecule has 0 aliphatic heterocycles. The van der Waals surface area contributed by atoms with Crippen LogP contribution in [-0.4, -0.2) is 17.9 Å². The van der Waals surface area contributed by atoms with Crippen molar-refractivity contribution in [3.63, 3.8) is 0 Å². The summed E-state index contributed by atoms with van der Waals surface area (Å²) < 4.78 is 0. The Kier molecular flexibility index (Phi) is 5.01. The molecule has 0 spiro atoms. The number of hydrogen-bond donors (Lipinski definition) is 2. The molecule has 0 radical (unpaired) electrons. The lowest BCUT2D eigenvalue weighted by Gasteiger charge is -2.21. The summed E-state index contributed by atoms with van der Waals surface area (Å²) >= 11 is 1.36. The summed E-state index contributed by atoms with van der Waals surface area (Å²) in [6, 6.07) is 17.4. The number of nitrogens with one attached hydrogen (secondary N) is 2. The van der Waals surface area contributed by atoms with Crippen molar-refractivity contribution in [3.05, 3.63) is 76.0 Å². The highest BCUT2D eigenvalue weighted by Gasteiger charge is 2.26. The number of fused-ring (bicyclic) bond motifs is 3. The zero-order chi connectivity index (χ0) is 19.7. The highest BCUT2D eigenvalue weighted by Crippen LogP contribution is 2.37. The highest BCUT2D eigenvalue weighted by atomic mass is 32.1. The third-order valence-corrected chi connectivity index (χ3v) is 5.92. The van der Waals surface area contributed by atoms with E-state index in [4.69, 9.17) is 0 Å². The molecule has 3 aromatic rings. The third kappa shape index (κ3) is 3.58. The second kappa shape index (κ2) is 7.60. The van der Waals surface area contributed by atoms with E-state index < -0.39 is 6.04 Å². The van der Waals surface area contributed by atoms with Crippen molar-refractivity contribution in [2.75, 3.05) is 5.32 Å². The third-order valence-electron chi connectivity index (χ3n) is 5.05. The van der Waals surface area contributed by atoms with Gasteiger partial charge in [-0.3, -0.25) is 9.59 Å². The molecule has 1 heterocycles. The Balaban J connectivity index is 1.52. The molecular formula is C23H22N2O2S. The average Bonchev–Trinajstić information content (AvgIpc) is 3.33. The molecule has 0 bridgehead atoms. The zero-order valence-electron chi connectivity index (χ0n) is 15.9. The molecule has 142 valence electrons. The molecule has 0 saturated heterocycles. The first kappa shape index (κ1) is 18.4. The first-order valence-corrected chi connectivity index (χ1v) is 10.3. The Bertz CT molecular complexity index is 1020. The van der Waals surface area contributed by atoms with Crippen LogP contribution in [0.5, 0.6) is 0 Å². The number of anilines is 1. The number of carbonyl (C=O) groups is 2. The molecule has 4 nitrogen and oxygen atoms in total. The summed E-state index contributed by atoms with van der Waals surface area (Å²) in [5, 5.41) is 7.70. The van der Waals surface area contributed by atoms with Gasteiger partial charge >= 0.3 is 0 Å². The fourth-order valence-electron chi connectivity index (χ4n) is 3.58. The molecule has 1 aromatic heterocycles. The van der Waals surface area contributed by atoms with Crippen molar-refractivity contribution in [1.29, 1.82) is 0 Å². The maximum absolute atomic E-state index is 12.9. The predicted molar refractivity (Wildman–Crippen MR) is 114 cm³/mol. The van der Waals surface area contributed by atoms with Crippen LogP contribution in [0.15, 0.2) is 60.0 Å². The Morgan fingerprint density at radius 3 is 2.50 bits per heavy atom. The molecule has 0 unspecified atom stereocenters. The quantitative estimate of drug-likeness (QED) is 0.518. The van der Waals surface area contributed by atoms with Crippen LogP contribution in [0.3, 0.4) is 0 Å². The minimum Gasteiger partial charge on any atom is -0.339 e. The van der Waals surface area contributed by atoms with Crippen molar-refractivity contribution < 1.29 is 9.59 Å². The van der Waals surface area contributed by atoms with Crippen LogP contribution in [-0.2, 0) is 11.2 Å². The van der Waals surface area contributed by atoms with Crippen molar-refractivity contribution in [1.82, 2.24) is 5.32 Å². The summed E-state index contributed by atoms with van der Waals surface area (Å²) in [4.78, 5) is 25.9. The lowest BCUT2D eigenvalue weighted by atomic mass is 10.0. The highest BCUT2D eigenvalue weighted by molar-refractivity contribution is 7.12. The topological polar surface area (TPSA) is 58.2 Å². The summed E-state index contributed by atoms with van der Waals surface area (Å²) in [7, 11) is 0. The molecule has 2 N–H and O–H groups in total. The Hall–Kier alpha value is -2.92. The summed E-state index contributed by atoms with van der Waals surface area (Å²) in [6.07, 6.45) is 0.922. The molecule has 1 aliphatic rings. The van der Waals surface area contributed by atoms with Gasteiger partial charge in [-0.15, -0.1) is 11.3 Å². The SMILES string of the molecule is CC(C)[C@H](NC(=O)c1cccs1)C(=O)Nc1ccc2c(c1)-c1ccccc1C2. The zero-order valence-corrected chi connectivity index (χ0v) is 16.7. The van der Waals surface area contributed by atoms with Crippen LogP contribution in [0.2, 0.25) is 0 Å².